The third-order valence-electron chi connectivity index (χ3n) is 3.39. The van der Waals surface area contributed by atoms with Crippen LogP contribution in [0.25, 0.3) is 6.08 Å². The quantitative estimate of drug-likeness (QED) is 0.440. The normalized spacial score (nSPS) is 15.0. The summed E-state index contributed by atoms with van der Waals surface area (Å²) in [5.41, 5.74) is 5.86. The molecule has 1 aliphatic rings. The van der Waals surface area contributed by atoms with E-state index in [2.05, 4.69) is 16.2 Å². The van der Waals surface area contributed by atoms with Crippen LogP contribution in [0, 0.1) is 0 Å². The molecule has 0 bridgehead atoms. The number of thiocarbonyl (C=S) groups is 1. The minimum Gasteiger partial charge on any atom is -0.359 e. The van der Waals surface area contributed by atoms with E-state index in [4.69, 9.17) is 35.4 Å². The number of hydrazine groups is 1. The van der Waals surface area contributed by atoms with Gasteiger partial charge in [0.25, 0.3) is 5.91 Å². The number of amides is 1. The van der Waals surface area contributed by atoms with Crippen LogP contribution in [-0.2, 0) is 4.79 Å². The van der Waals surface area contributed by atoms with Crippen LogP contribution in [0.15, 0.2) is 24.3 Å². The number of benzene rings is 1. The zero-order valence-electron chi connectivity index (χ0n) is 11.9. The van der Waals surface area contributed by atoms with Gasteiger partial charge in [-0.05, 0) is 42.8 Å². The fourth-order valence-corrected chi connectivity index (χ4v) is 2.85. The van der Waals surface area contributed by atoms with Gasteiger partial charge in [-0.25, -0.2) is 0 Å². The van der Waals surface area contributed by atoms with Gasteiger partial charge in [0, 0.05) is 12.1 Å². The Bertz CT molecular complexity index is 586. The van der Waals surface area contributed by atoms with Gasteiger partial charge in [-0.15, -0.1) is 0 Å². The molecule has 0 unspecified atom stereocenters. The van der Waals surface area contributed by atoms with Crippen LogP contribution < -0.4 is 16.2 Å². The van der Waals surface area contributed by atoms with Crippen LogP contribution in [0.1, 0.15) is 31.2 Å². The molecule has 4 nitrogen and oxygen atoms in total. The number of hydrogen-bond acceptors (Lipinski definition) is 2. The first kappa shape index (κ1) is 17.1. The van der Waals surface area contributed by atoms with Crippen molar-refractivity contribution in [2.45, 2.75) is 31.7 Å². The molecule has 0 radical (unpaired) electrons. The van der Waals surface area contributed by atoms with E-state index in [0.717, 1.165) is 12.8 Å². The first-order valence-corrected chi connectivity index (χ1v) is 8.21. The van der Waals surface area contributed by atoms with E-state index >= 15 is 0 Å². The molecule has 0 spiro atoms. The predicted octanol–water partition coefficient (Wildman–Crippen LogP) is 3.44. The summed E-state index contributed by atoms with van der Waals surface area (Å²) in [6.07, 6.45) is 7.62. The molecule has 1 saturated carbocycles. The van der Waals surface area contributed by atoms with Gasteiger partial charge in [0.05, 0.1) is 10.0 Å². The van der Waals surface area contributed by atoms with Crippen LogP contribution >= 0.6 is 35.4 Å². The highest BCUT2D eigenvalue weighted by atomic mass is 35.5. The maximum absolute atomic E-state index is 11.7. The minimum absolute atomic E-state index is 0.327. The summed E-state index contributed by atoms with van der Waals surface area (Å²) >= 11 is 17.1. The zero-order chi connectivity index (χ0) is 15.9. The summed E-state index contributed by atoms with van der Waals surface area (Å²) in [5.74, 6) is -0.327. The molecule has 0 heterocycles. The highest BCUT2D eigenvalue weighted by molar-refractivity contribution is 7.80. The van der Waals surface area contributed by atoms with E-state index in [9.17, 15) is 4.79 Å². The lowest BCUT2D eigenvalue weighted by Gasteiger charge is -2.15. The van der Waals surface area contributed by atoms with Crippen molar-refractivity contribution in [1.82, 2.24) is 16.2 Å². The van der Waals surface area contributed by atoms with Crippen molar-refractivity contribution in [3.05, 3.63) is 39.9 Å². The molecule has 1 fully saturated rings. The Morgan fingerprint density at radius 3 is 2.68 bits per heavy atom. The van der Waals surface area contributed by atoms with Crippen LogP contribution in [0.4, 0.5) is 0 Å². The van der Waals surface area contributed by atoms with Crippen LogP contribution in [-0.4, -0.2) is 17.1 Å². The summed E-state index contributed by atoms with van der Waals surface area (Å²) in [5, 5.41) is 4.46. The minimum atomic E-state index is -0.327. The maximum atomic E-state index is 11.7. The molecule has 3 N–H and O–H groups in total. The van der Waals surface area contributed by atoms with E-state index in [1.165, 1.54) is 18.9 Å². The molecule has 1 aliphatic carbocycles. The van der Waals surface area contributed by atoms with E-state index in [1.54, 1.807) is 24.3 Å². The van der Waals surface area contributed by atoms with Gasteiger partial charge in [-0.2, -0.15) is 0 Å². The Morgan fingerprint density at radius 1 is 1.23 bits per heavy atom. The third-order valence-corrected chi connectivity index (χ3v) is 4.44. The van der Waals surface area contributed by atoms with Crippen molar-refractivity contribution in [2.75, 3.05) is 0 Å². The average molecular weight is 358 g/mol. The Kier molecular flexibility index (Phi) is 6.49. The predicted molar refractivity (Wildman–Crippen MR) is 94.8 cm³/mol. The van der Waals surface area contributed by atoms with E-state index in [-0.39, 0.29) is 5.91 Å². The number of nitrogens with one attached hydrogen (secondary N) is 3. The largest absolute Gasteiger partial charge is 0.359 e. The highest BCUT2D eigenvalue weighted by Crippen LogP contribution is 2.26. The molecule has 1 amide bonds. The highest BCUT2D eigenvalue weighted by Gasteiger charge is 2.15. The van der Waals surface area contributed by atoms with Gasteiger partial charge in [-0.1, -0.05) is 48.2 Å². The standard InChI is InChI=1S/C15H17Cl2N3OS/c16-12-7-3-4-10(14(12)17)8-9-13(21)19-20-15(22)18-11-5-1-2-6-11/h3-4,7-9,11H,1-2,5-6H2,(H,19,21)(H2,18,20,22)/b9-8+. The van der Waals surface area contributed by atoms with Gasteiger partial charge in [0.2, 0.25) is 0 Å². The van der Waals surface area contributed by atoms with E-state index in [0.29, 0.717) is 26.8 Å². The summed E-state index contributed by atoms with van der Waals surface area (Å²) < 4.78 is 0. The molecule has 0 aliphatic heterocycles. The molecule has 1 aromatic rings. The molecule has 0 saturated heterocycles. The van der Waals surface area contributed by atoms with Gasteiger partial charge in [0.15, 0.2) is 5.11 Å². The molecular weight excluding hydrogens is 341 g/mol. The van der Waals surface area contributed by atoms with Crippen molar-refractivity contribution in [3.8, 4) is 0 Å². The maximum Gasteiger partial charge on any atom is 0.262 e. The van der Waals surface area contributed by atoms with E-state index in [1.807, 2.05) is 0 Å². The average Bonchev–Trinajstić information content (AvgIpc) is 2.99. The number of halogens is 2. The Labute approximate surface area is 145 Å². The topological polar surface area (TPSA) is 53.2 Å². The van der Waals surface area contributed by atoms with E-state index < -0.39 is 0 Å². The lowest BCUT2D eigenvalue weighted by atomic mass is 10.2. The van der Waals surface area contributed by atoms with Crippen molar-refractivity contribution in [1.29, 1.82) is 0 Å². The molecule has 1 aromatic carbocycles. The molecule has 2 rings (SSSR count). The second-order valence-corrected chi connectivity index (χ2v) is 6.24. The van der Waals surface area contributed by atoms with Crippen LogP contribution in [0.3, 0.4) is 0 Å². The van der Waals surface area contributed by atoms with Gasteiger partial charge < -0.3 is 5.32 Å². The second-order valence-electron chi connectivity index (χ2n) is 5.05. The van der Waals surface area contributed by atoms with Gasteiger partial charge in [-0.3, -0.25) is 15.6 Å². The molecule has 22 heavy (non-hydrogen) atoms. The first-order chi connectivity index (χ1) is 10.6. The second kappa shape index (κ2) is 8.36. The monoisotopic (exact) mass is 357 g/mol. The smallest absolute Gasteiger partial charge is 0.262 e. The Hall–Kier alpha value is -1.30. The number of rotatable bonds is 3. The zero-order valence-corrected chi connectivity index (χ0v) is 14.2. The Balaban J connectivity index is 1.78. The summed E-state index contributed by atoms with van der Waals surface area (Å²) in [4.78, 5) is 11.7. The van der Waals surface area contributed by atoms with Crippen molar-refractivity contribution >= 4 is 52.5 Å². The van der Waals surface area contributed by atoms with Crippen molar-refractivity contribution in [3.63, 3.8) is 0 Å². The third kappa shape index (κ3) is 5.16. The van der Waals surface area contributed by atoms with Crippen molar-refractivity contribution in [2.24, 2.45) is 0 Å². The number of carbonyl (C=O) groups is 1. The van der Waals surface area contributed by atoms with Crippen LogP contribution in [0.5, 0.6) is 0 Å². The fourth-order valence-electron chi connectivity index (χ4n) is 2.27. The molecular formula is C15H17Cl2N3OS. The number of carbonyl (C=O) groups excluding carboxylic acids is 1. The lowest BCUT2D eigenvalue weighted by molar-refractivity contribution is -0.116. The summed E-state index contributed by atoms with van der Waals surface area (Å²) in [6, 6.07) is 5.64. The number of hydrogen-bond donors (Lipinski definition) is 3. The summed E-state index contributed by atoms with van der Waals surface area (Å²) in [6.45, 7) is 0. The van der Waals surface area contributed by atoms with Crippen LogP contribution in [0.2, 0.25) is 10.0 Å². The lowest BCUT2D eigenvalue weighted by Crippen LogP contribution is -2.48. The SMILES string of the molecule is O=C(/C=C/c1cccc(Cl)c1Cl)NNC(=S)NC1CCCC1. The fraction of sp³-hybridized carbons (Fsp3) is 0.333. The molecule has 0 atom stereocenters. The molecule has 7 heteroatoms. The van der Waals surface area contributed by atoms with Crippen molar-refractivity contribution < 1.29 is 4.79 Å². The molecule has 0 aromatic heterocycles. The molecule has 118 valence electrons. The van der Waals surface area contributed by atoms with Gasteiger partial charge >= 0.3 is 0 Å². The Morgan fingerprint density at radius 2 is 1.95 bits per heavy atom. The van der Waals surface area contributed by atoms with Gasteiger partial charge in [0.1, 0.15) is 0 Å². The first-order valence-electron chi connectivity index (χ1n) is 7.05. The summed E-state index contributed by atoms with van der Waals surface area (Å²) in [7, 11) is 0.